The lowest BCUT2D eigenvalue weighted by atomic mass is 10.1. The number of carbonyl (C=O) groups is 2. The Bertz CT molecular complexity index is 1220. The highest BCUT2D eigenvalue weighted by molar-refractivity contribution is 7.89. The molecule has 4 rings (SSSR count). The van der Waals surface area contributed by atoms with Crippen LogP contribution in [0.2, 0.25) is 0 Å². The van der Waals surface area contributed by atoms with Gasteiger partial charge in [-0.25, -0.2) is 8.42 Å². The van der Waals surface area contributed by atoms with Crippen molar-refractivity contribution < 1.29 is 35.9 Å². The summed E-state index contributed by atoms with van der Waals surface area (Å²) < 4.78 is 72.8. The molecule has 0 bridgehead atoms. The number of anilines is 1. The summed E-state index contributed by atoms with van der Waals surface area (Å²) >= 11 is 0. The van der Waals surface area contributed by atoms with E-state index in [1.54, 1.807) is 6.92 Å². The van der Waals surface area contributed by atoms with Crippen molar-refractivity contribution in [2.45, 2.75) is 30.5 Å². The molecule has 0 aliphatic carbocycles. The van der Waals surface area contributed by atoms with Crippen LogP contribution < -0.4 is 10.1 Å². The number of hydrogen-bond acceptors (Lipinski definition) is 5. The summed E-state index contributed by atoms with van der Waals surface area (Å²) in [6.45, 7) is 1.50. The number of halogens is 3. The van der Waals surface area contributed by atoms with Crippen LogP contribution >= 0.6 is 0 Å². The number of amides is 2. The van der Waals surface area contributed by atoms with Gasteiger partial charge in [0.2, 0.25) is 10.0 Å². The molecular formula is C22H22F3N3O5S. The Labute approximate surface area is 194 Å². The number of hydrogen-bond donors (Lipinski definition) is 1. The first kappa shape index (κ1) is 24.0. The van der Waals surface area contributed by atoms with E-state index in [9.17, 15) is 31.2 Å². The SMILES string of the molecule is CC[C@@H]1Oc2ccc(S(=O)(=O)N3CCN(C(=O)c4ccccc4C(F)(F)F)CC3)cc2NC1=O. The summed E-state index contributed by atoms with van der Waals surface area (Å²) in [7, 11) is -3.97. The number of alkyl halides is 3. The Kier molecular flexibility index (Phi) is 6.30. The van der Waals surface area contributed by atoms with E-state index in [-0.39, 0.29) is 42.7 Å². The molecule has 2 aliphatic rings. The summed E-state index contributed by atoms with van der Waals surface area (Å²) in [6, 6.07) is 8.66. The minimum atomic E-state index is -4.68. The Hall–Kier alpha value is -3.12. The van der Waals surface area contributed by atoms with Crippen molar-refractivity contribution in [3.63, 3.8) is 0 Å². The number of nitrogens with one attached hydrogen (secondary N) is 1. The molecule has 0 unspecified atom stereocenters. The number of fused-ring (bicyclic) bond motifs is 1. The van der Waals surface area contributed by atoms with Gasteiger partial charge in [0.25, 0.3) is 11.8 Å². The fourth-order valence-corrected chi connectivity index (χ4v) is 5.38. The summed E-state index contributed by atoms with van der Waals surface area (Å²) in [4.78, 5) is 25.9. The van der Waals surface area contributed by atoms with Crippen molar-refractivity contribution in [2.24, 2.45) is 0 Å². The molecule has 1 fully saturated rings. The number of rotatable bonds is 4. The molecule has 12 heteroatoms. The first-order valence-electron chi connectivity index (χ1n) is 10.6. The quantitative estimate of drug-likeness (QED) is 0.701. The van der Waals surface area contributed by atoms with Crippen molar-refractivity contribution in [3.05, 3.63) is 53.6 Å². The van der Waals surface area contributed by atoms with E-state index >= 15 is 0 Å². The predicted octanol–water partition coefficient (Wildman–Crippen LogP) is 2.96. The minimum Gasteiger partial charge on any atom is -0.478 e. The lowest BCUT2D eigenvalue weighted by Crippen LogP contribution is -2.50. The molecule has 8 nitrogen and oxygen atoms in total. The number of piperazine rings is 1. The fourth-order valence-electron chi connectivity index (χ4n) is 3.93. The molecule has 2 aromatic carbocycles. The van der Waals surface area contributed by atoms with Gasteiger partial charge >= 0.3 is 6.18 Å². The molecule has 2 amide bonds. The van der Waals surface area contributed by atoms with Gasteiger partial charge in [-0.05, 0) is 36.8 Å². The van der Waals surface area contributed by atoms with E-state index < -0.39 is 39.3 Å². The van der Waals surface area contributed by atoms with E-state index in [0.717, 1.165) is 16.4 Å². The summed E-state index contributed by atoms with van der Waals surface area (Å²) in [6.07, 6.45) is -4.87. The van der Waals surface area contributed by atoms with Gasteiger partial charge in [0, 0.05) is 26.2 Å². The molecular weight excluding hydrogens is 475 g/mol. The predicted molar refractivity (Wildman–Crippen MR) is 116 cm³/mol. The van der Waals surface area contributed by atoms with Crippen LogP contribution in [-0.4, -0.2) is 61.7 Å². The van der Waals surface area contributed by atoms with Gasteiger partial charge in [0.05, 0.1) is 21.7 Å². The van der Waals surface area contributed by atoms with Gasteiger partial charge in [-0.2, -0.15) is 17.5 Å². The highest BCUT2D eigenvalue weighted by Gasteiger charge is 2.37. The van der Waals surface area contributed by atoms with Gasteiger partial charge in [0.1, 0.15) is 5.75 Å². The number of sulfonamides is 1. The fraction of sp³-hybridized carbons (Fsp3) is 0.364. The highest BCUT2D eigenvalue weighted by Crippen LogP contribution is 2.34. The minimum absolute atomic E-state index is 0.0623. The van der Waals surface area contributed by atoms with Crippen molar-refractivity contribution in [3.8, 4) is 5.75 Å². The molecule has 34 heavy (non-hydrogen) atoms. The van der Waals surface area contributed by atoms with E-state index in [2.05, 4.69) is 5.32 Å². The zero-order chi connectivity index (χ0) is 24.7. The summed E-state index contributed by atoms with van der Waals surface area (Å²) in [5.41, 5.74) is -1.26. The number of carbonyl (C=O) groups excluding carboxylic acids is 2. The van der Waals surface area contributed by atoms with E-state index in [1.807, 2.05) is 0 Å². The number of benzene rings is 2. The molecule has 2 aliphatic heterocycles. The van der Waals surface area contributed by atoms with Crippen molar-refractivity contribution in [1.29, 1.82) is 0 Å². The van der Waals surface area contributed by atoms with E-state index in [4.69, 9.17) is 4.74 Å². The number of ether oxygens (including phenoxy) is 1. The molecule has 1 N–H and O–H groups in total. The Morgan fingerprint density at radius 3 is 2.44 bits per heavy atom. The van der Waals surface area contributed by atoms with Crippen molar-refractivity contribution in [1.82, 2.24) is 9.21 Å². The molecule has 2 aromatic rings. The first-order chi connectivity index (χ1) is 16.0. The molecule has 182 valence electrons. The molecule has 1 atom stereocenters. The molecule has 0 aromatic heterocycles. The Morgan fingerprint density at radius 2 is 1.79 bits per heavy atom. The first-order valence-corrected chi connectivity index (χ1v) is 12.0. The van der Waals surface area contributed by atoms with Crippen LogP contribution in [0.15, 0.2) is 47.4 Å². The van der Waals surface area contributed by atoms with Crippen LogP contribution in [-0.2, 0) is 21.0 Å². The smallest absolute Gasteiger partial charge is 0.417 e. The van der Waals surface area contributed by atoms with Crippen LogP contribution in [0.25, 0.3) is 0 Å². The van der Waals surface area contributed by atoms with Crippen molar-refractivity contribution in [2.75, 3.05) is 31.5 Å². The second-order valence-electron chi connectivity index (χ2n) is 7.90. The molecule has 2 heterocycles. The third-order valence-electron chi connectivity index (χ3n) is 5.77. The molecule has 0 spiro atoms. The second-order valence-corrected chi connectivity index (χ2v) is 9.84. The van der Waals surface area contributed by atoms with Crippen LogP contribution in [0, 0.1) is 0 Å². The summed E-state index contributed by atoms with van der Waals surface area (Å²) in [5, 5.41) is 2.64. The summed E-state index contributed by atoms with van der Waals surface area (Å²) in [5.74, 6) is -0.802. The number of nitrogens with zero attached hydrogens (tertiary/aromatic N) is 2. The van der Waals surface area contributed by atoms with Gasteiger partial charge in [0.15, 0.2) is 6.10 Å². The topological polar surface area (TPSA) is 96.0 Å². The average Bonchev–Trinajstić information content (AvgIpc) is 2.82. The zero-order valence-electron chi connectivity index (χ0n) is 18.1. The zero-order valence-corrected chi connectivity index (χ0v) is 18.9. The van der Waals surface area contributed by atoms with Crippen LogP contribution in [0.4, 0.5) is 18.9 Å². The van der Waals surface area contributed by atoms with Gasteiger partial charge < -0.3 is 15.0 Å². The van der Waals surface area contributed by atoms with E-state index in [0.29, 0.717) is 12.2 Å². The molecule has 1 saturated heterocycles. The van der Waals surface area contributed by atoms with Crippen molar-refractivity contribution >= 4 is 27.5 Å². The maximum Gasteiger partial charge on any atom is 0.417 e. The maximum atomic E-state index is 13.3. The third-order valence-corrected chi connectivity index (χ3v) is 7.66. The average molecular weight is 497 g/mol. The normalized spacial score (nSPS) is 19.2. The Balaban J connectivity index is 1.48. The molecule has 0 radical (unpaired) electrons. The molecule has 0 saturated carbocycles. The Morgan fingerprint density at radius 1 is 1.12 bits per heavy atom. The second kappa shape index (κ2) is 8.91. The van der Waals surface area contributed by atoms with Crippen LogP contribution in [0.5, 0.6) is 5.75 Å². The van der Waals surface area contributed by atoms with Gasteiger partial charge in [-0.15, -0.1) is 0 Å². The maximum absolute atomic E-state index is 13.3. The lowest BCUT2D eigenvalue weighted by Gasteiger charge is -2.34. The van der Waals surface area contributed by atoms with Gasteiger partial charge in [-0.1, -0.05) is 19.1 Å². The van der Waals surface area contributed by atoms with Gasteiger partial charge in [-0.3, -0.25) is 9.59 Å². The van der Waals surface area contributed by atoms with Crippen LogP contribution in [0.1, 0.15) is 29.3 Å². The van der Waals surface area contributed by atoms with Crippen LogP contribution in [0.3, 0.4) is 0 Å². The lowest BCUT2D eigenvalue weighted by molar-refractivity contribution is -0.138. The van der Waals surface area contributed by atoms with E-state index in [1.165, 1.54) is 35.2 Å². The monoisotopic (exact) mass is 497 g/mol. The largest absolute Gasteiger partial charge is 0.478 e. The standard InChI is InChI=1S/C22H22F3N3O5S/c1-2-18-20(29)26-17-13-14(7-8-19(17)33-18)34(31,32)28-11-9-27(10-12-28)21(30)15-5-3-4-6-16(15)22(23,24)25/h3-8,13,18H,2,9-12H2,1H3,(H,26,29)/t18-/m0/s1. The third kappa shape index (κ3) is 4.47. The highest BCUT2D eigenvalue weighted by atomic mass is 32.2.